The van der Waals surface area contributed by atoms with Gasteiger partial charge < -0.3 is 10.1 Å². The number of ether oxygens (including phenoxy) is 1. The van der Waals surface area contributed by atoms with E-state index in [1.165, 1.54) is 24.5 Å². The second kappa shape index (κ2) is 9.45. The molecule has 9 heteroatoms. The van der Waals surface area contributed by atoms with Gasteiger partial charge in [-0.3, -0.25) is 9.69 Å². The summed E-state index contributed by atoms with van der Waals surface area (Å²) in [6.07, 6.45) is -0.867. The molecule has 1 aliphatic heterocycles. The molecule has 0 atom stereocenters. The van der Waals surface area contributed by atoms with Gasteiger partial charge in [-0.1, -0.05) is 35.9 Å². The SMILES string of the molecule is O=C(NCc1ccc(CN2CCCC2)cc1)c1cnc(OCC(F)(F)F)c(Cl)c1. The molecule has 0 aliphatic carbocycles. The number of benzene rings is 1. The fourth-order valence-corrected chi connectivity index (χ4v) is 3.27. The average Bonchev–Trinajstić information content (AvgIpc) is 3.18. The summed E-state index contributed by atoms with van der Waals surface area (Å²) in [5.74, 6) is -0.794. The minimum atomic E-state index is -4.49. The molecule has 0 bridgehead atoms. The molecular weight excluding hydrogens is 407 g/mol. The van der Waals surface area contributed by atoms with Gasteiger partial charge in [0.15, 0.2) is 6.61 Å². The lowest BCUT2D eigenvalue weighted by atomic mass is 10.1. The van der Waals surface area contributed by atoms with Crippen LogP contribution >= 0.6 is 11.6 Å². The van der Waals surface area contributed by atoms with E-state index in [2.05, 4.69) is 19.9 Å². The van der Waals surface area contributed by atoms with Crippen LogP contribution < -0.4 is 10.1 Å². The van der Waals surface area contributed by atoms with Gasteiger partial charge in [0.05, 0.1) is 5.56 Å². The molecule has 2 heterocycles. The van der Waals surface area contributed by atoms with Crippen LogP contribution in [0.3, 0.4) is 0 Å². The Hall–Kier alpha value is -2.32. The molecule has 156 valence electrons. The van der Waals surface area contributed by atoms with E-state index < -0.39 is 18.7 Å². The Labute approximate surface area is 171 Å². The molecule has 0 unspecified atom stereocenters. The molecule has 1 aliphatic rings. The molecule has 0 spiro atoms. The third-order valence-corrected chi connectivity index (χ3v) is 4.79. The second-order valence-corrected chi connectivity index (χ2v) is 7.30. The van der Waals surface area contributed by atoms with Gasteiger partial charge in [0.2, 0.25) is 5.88 Å². The number of likely N-dealkylation sites (tertiary alicyclic amines) is 1. The van der Waals surface area contributed by atoms with Gasteiger partial charge in [-0.15, -0.1) is 0 Å². The minimum Gasteiger partial charge on any atom is -0.467 e. The summed E-state index contributed by atoms with van der Waals surface area (Å²) in [5, 5.41) is 2.58. The van der Waals surface area contributed by atoms with Crippen molar-refractivity contribution in [3.63, 3.8) is 0 Å². The standard InChI is InChI=1S/C20H21ClF3N3O2/c21-17-9-16(11-26-19(17)29-13-20(22,23)24)18(28)25-10-14-3-5-15(6-4-14)12-27-7-1-2-8-27/h3-6,9,11H,1-2,7-8,10,12-13H2,(H,25,28). The number of carbonyl (C=O) groups excluding carboxylic acids is 1. The fraction of sp³-hybridized carbons (Fsp3) is 0.400. The van der Waals surface area contributed by atoms with Gasteiger partial charge >= 0.3 is 6.18 Å². The van der Waals surface area contributed by atoms with Crippen LogP contribution in [0.25, 0.3) is 0 Å². The lowest BCUT2D eigenvalue weighted by Gasteiger charge is -2.14. The van der Waals surface area contributed by atoms with Crippen LogP contribution in [0.15, 0.2) is 36.5 Å². The molecule has 1 aromatic heterocycles. The molecule has 1 fully saturated rings. The highest BCUT2D eigenvalue weighted by molar-refractivity contribution is 6.32. The van der Waals surface area contributed by atoms with Crippen LogP contribution in [0.2, 0.25) is 5.02 Å². The number of alkyl halides is 3. The van der Waals surface area contributed by atoms with Crippen molar-refractivity contribution in [1.82, 2.24) is 15.2 Å². The van der Waals surface area contributed by atoms with Crippen molar-refractivity contribution in [2.75, 3.05) is 19.7 Å². The number of aromatic nitrogens is 1. The zero-order chi connectivity index (χ0) is 20.9. The predicted molar refractivity (Wildman–Crippen MR) is 103 cm³/mol. The van der Waals surface area contributed by atoms with E-state index in [0.29, 0.717) is 6.54 Å². The molecule has 1 N–H and O–H groups in total. The third kappa shape index (κ3) is 6.61. The van der Waals surface area contributed by atoms with Crippen LogP contribution in [-0.2, 0) is 13.1 Å². The van der Waals surface area contributed by atoms with E-state index in [1.807, 2.05) is 24.3 Å². The van der Waals surface area contributed by atoms with E-state index in [-0.39, 0.29) is 16.5 Å². The number of nitrogens with zero attached hydrogens (tertiary/aromatic N) is 2. The van der Waals surface area contributed by atoms with Crippen molar-refractivity contribution in [3.8, 4) is 5.88 Å². The second-order valence-electron chi connectivity index (χ2n) is 6.90. The van der Waals surface area contributed by atoms with Gasteiger partial charge in [-0.2, -0.15) is 13.2 Å². The number of carbonyl (C=O) groups is 1. The molecule has 0 saturated carbocycles. The highest BCUT2D eigenvalue weighted by Crippen LogP contribution is 2.25. The number of halogens is 4. The number of rotatable bonds is 7. The normalized spacial score (nSPS) is 14.8. The average molecular weight is 428 g/mol. The van der Waals surface area contributed by atoms with Gasteiger partial charge in [-0.25, -0.2) is 4.98 Å². The third-order valence-electron chi connectivity index (χ3n) is 4.52. The van der Waals surface area contributed by atoms with Crippen molar-refractivity contribution in [2.45, 2.75) is 32.1 Å². The number of hydrogen-bond donors (Lipinski definition) is 1. The van der Waals surface area contributed by atoms with E-state index in [4.69, 9.17) is 11.6 Å². The first-order chi connectivity index (χ1) is 13.8. The van der Waals surface area contributed by atoms with Crippen LogP contribution in [-0.4, -0.2) is 41.7 Å². The Balaban J connectivity index is 1.51. The maximum absolute atomic E-state index is 12.3. The Kier molecular flexibility index (Phi) is 6.97. The molecular formula is C20H21ClF3N3O2. The Morgan fingerprint density at radius 3 is 2.45 bits per heavy atom. The first-order valence-electron chi connectivity index (χ1n) is 9.23. The van der Waals surface area contributed by atoms with Crippen molar-refractivity contribution in [2.24, 2.45) is 0 Å². The summed E-state index contributed by atoms with van der Waals surface area (Å²) in [4.78, 5) is 18.4. The predicted octanol–water partition coefficient (Wildman–Crippen LogP) is 4.20. The van der Waals surface area contributed by atoms with Crippen molar-refractivity contribution in [1.29, 1.82) is 0 Å². The summed E-state index contributed by atoms with van der Waals surface area (Å²) < 4.78 is 41.1. The molecule has 2 aromatic rings. The van der Waals surface area contributed by atoms with Crippen LogP contribution in [0, 0.1) is 0 Å². The highest BCUT2D eigenvalue weighted by atomic mass is 35.5. The largest absolute Gasteiger partial charge is 0.467 e. The van der Waals surface area contributed by atoms with Crippen LogP contribution in [0.4, 0.5) is 13.2 Å². The number of nitrogens with one attached hydrogen (secondary N) is 1. The highest BCUT2D eigenvalue weighted by Gasteiger charge is 2.29. The fourth-order valence-electron chi connectivity index (χ4n) is 3.05. The lowest BCUT2D eigenvalue weighted by molar-refractivity contribution is -0.154. The quantitative estimate of drug-likeness (QED) is 0.719. The first-order valence-corrected chi connectivity index (χ1v) is 9.61. The van der Waals surface area contributed by atoms with E-state index in [0.717, 1.165) is 31.4 Å². The summed E-state index contributed by atoms with van der Waals surface area (Å²) in [6.45, 7) is 2.01. The van der Waals surface area contributed by atoms with E-state index in [9.17, 15) is 18.0 Å². The maximum Gasteiger partial charge on any atom is 0.422 e. The van der Waals surface area contributed by atoms with Crippen molar-refractivity contribution >= 4 is 17.5 Å². The van der Waals surface area contributed by atoms with Crippen LogP contribution in [0.1, 0.15) is 34.3 Å². The zero-order valence-electron chi connectivity index (χ0n) is 15.6. The van der Waals surface area contributed by atoms with Crippen molar-refractivity contribution in [3.05, 3.63) is 58.2 Å². The summed E-state index contributed by atoms with van der Waals surface area (Å²) in [5.41, 5.74) is 2.31. The molecule has 5 nitrogen and oxygen atoms in total. The van der Waals surface area contributed by atoms with Gasteiger partial charge in [0.25, 0.3) is 5.91 Å². The lowest BCUT2D eigenvalue weighted by Crippen LogP contribution is -2.23. The molecule has 1 saturated heterocycles. The first kappa shape index (κ1) is 21.4. The number of amides is 1. The summed E-state index contributed by atoms with van der Waals surface area (Å²) in [7, 11) is 0. The molecule has 3 rings (SSSR count). The maximum atomic E-state index is 12.3. The Bertz CT molecular complexity index is 838. The molecule has 0 radical (unpaired) electrons. The van der Waals surface area contributed by atoms with Gasteiger partial charge in [-0.05, 0) is 43.1 Å². The van der Waals surface area contributed by atoms with Gasteiger partial charge in [0.1, 0.15) is 5.02 Å². The minimum absolute atomic E-state index is 0.139. The summed E-state index contributed by atoms with van der Waals surface area (Å²) >= 11 is 5.87. The summed E-state index contributed by atoms with van der Waals surface area (Å²) in [6, 6.07) is 9.25. The smallest absolute Gasteiger partial charge is 0.422 e. The topological polar surface area (TPSA) is 54.5 Å². The molecule has 1 aromatic carbocycles. The van der Waals surface area contributed by atoms with Crippen molar-refractivity contribution < 1.29 is 22.7 Å². The number of hydrogen-bond acceptors (Lipinski definition) is 4. The van der Waals surface area contributed by atoms with Gasteiger partial charge in [0, 0.05) is 19.3 Å². The molecule has 1 amide bonds. The Morgan fingerprint density at radius 1 is 1.17 bits per heavy atom. The Morgan fingerprint density at radius 2 is 1.83 bits per heavy atom. The van der Waals surface area contributed by atoms with E-state index >= 15 is 0 Å². The van der Waals surface area contributed by atoms with E-state index in [1.54, 1.807) is 0 Å². The van der Waals surface area contributed by atoms with Crippen LogP contribution in [0.5, 0.6) is 5.88 Å². The zero-order valence-corrected chi connectivity index (χ0v) is 16.4. The number of pyridine rings is 1. The molecule has 29 heavy (non-hydrogen) atoms. The monoisotopic (exact) mass is 427 g/mol.